The maximum Gasteiger partial charge on any atom is 0.254 e. The lowest BCUT2D eigenvalue weighted by molar-refractivity contribution is -0.138. The van der Waals surface area contributed by atoms with E-state index in [2.05, 4.69) is 36.0 Å². The van der Waals surface area contributed by atoms with E-state index < -0.39 is 0 Å². The third kappa shape index (κ3) is 3.23. The van der Waals surface area contributed by atoms with Gasteiger partial charge in [-0.15, -0.1) is 12.4 Å². The Balaban J connectivity index is 0.00000205. The topological polar surface area (TPSA) is 78.1 Å². The number of nitrogens with zero attached hydrogens (tertiary/aromatic N) is 2. The Morgan fingerprint density at radius 1 is 1.17 bits per heavy atom. The molecule has 5 rings (SSSR count). The molecule has 4 aliphatic rings. The minimum atomic E-state index is -0.177. The van der Waals surface area contributed by atoms with Crippen LogP contribution in [0.15, 0.2) is 4.79 Å². The van der Waals surface area contributed by atoms with Crippen LogP contribution in [-0.4, -0.2) is 46.5 Å². The summed E-state index contributed by atoms with van der Waals surface area (Å²) in [7, 11) is 0. The van der Waals surface area contributed by atoms with Gasteiger partial charge in [0.1, 0.15) is 5.82 Å². The minimum absolute atomic E-state index is 0. The second kappa shape index (κ2) is 7.09. The predicted octanol–water partition coefficient (Wildman–Crippen LogP) is 2.29. The van der Waals surface area contributed by atoms with Gasteiger partial charge in [0, 0.05) is 35.5 Å². The van der Waals surface area contributed by atoms with Crippen LogP contribution in [0.5, 0.6) is 0 Å². The number of H-pyrrole nitrogens is 1. The van der Waals surface area contributed by atoms with Crippen LogP contribution in [0.1, 0.15) is 70.0 Å². The summed E-state index contributed by atoms with van der Waals surface area (Å²) in [5, 5.41) is 3.52. The fraction of sp³-hybridized carbons (Fsp3) is 0.773. The minimum Gasteiger partial charge on any atom is -0.342 e. The molecule has 2 bridgehead atoms. The lowest BCUT2D eigenvalue weighted by atomic mass is 9.75. The van der Waals surface area contributed by atoms with Crippen molar-refractivity contribution in [3.63, 3.8) is 0 Å². The molecule has 29 heavy (non-hydrogen) atoms. The molecule has 1 aromatic rings. The zero-order valence-electron chi connectivity index (χ0n) is 17.7. The molecule has 0 aromatic carbocycles. The average molecular weight is 421 g/mol. The third-order valence-electron chi connectivity index (χ3n) is 7.83. The molecule has 1 aromatic heterocycles. The van der Waals surface area contributed by atoms with Crippen molar-refractivity contribution in [1.29, 1.82) is 0 Å². The number of amides is 1. The lowest BCUT2D eigenvalue weighted by Gasteiger charge is -2.40. The molecule has 0 unspecified atom stereocenters. The van der Waals surface area contributed by atoms with Gasteiger partial charge in [-0.25, -0.2) is 4.98 Å². The van der Waals surface area contributed by atoms with Crippen molar-refractivity contribution >= 4 is 18.3 Å². The number of halogens is 1. The largest absolute Gasteiger partial charge is 0.342 e. The highest BCUT2D eigenvalue weighted by Crippen LogP contribution is 2.46. The van der Waals surface area contributed by atoms with Gasteiger partial charge in [0.25, 0.3) is 5.56 Å². The van der Waals surface area contributed by atoms with E-state index in [0.29, 0.717) is 17.9 Å². The first kappa shape index (κ1) is 20.9. The summed E-state index contributed by atoms with van der Waals surface area (Å²) in [6, 6.07) is 0.398. The van der Waals surface area contributed by atoms with Gasteiger partial charge in [-0.1, -0.05) is 20.8 Å². The summed E-state index contributed by atoms with van der Waals surface area (Å²) >= 11 is 0. The average Bonchev–Trinajstić information content (AvgIpc) is 3.35. The number of carbonyl (C=O) groups is 1. The van der Waals surface area contributed by atoms with E-state index in [9.17, 15) is 9.59 Å². The van der Waals surface area contributed by atoms with E-state index in [4.69, 9.17) is 4.98 Å². The Morgan fingerprint density at radius 2 is 1.90 bits per heavy atom. The number of hydrogen-bond acceptors (Lipinski definition) is 4. The second-order valence-electron chi connectivity index (χ2n) is 10.5. The van der Waals surface area contributed by atoms with Crippen molar-refractivity contribution in [2.45, 2.75) is 76.2 Å². The van der Waals surface area contributed by atoms with E-state index in [1.807, 2.05) is 0 Å². The number of piperidine rings is 2. The van der Waals surface area contributed by atoms with Gasteiger partial charge in [-0.05, 0) is 51.0 Å². The number of aromatic nitrogens is 2. The fourth-order valence-corrected chi connectivity index (χ4v) is 6.07. The van der Waals surface area contributed by atoms with Crippen LogP contribution in [0.2, 0.25) is 0 Å². The Hall–Kier alpha value is -1.40. The summed E-state index contributed by atoms with van der Waals surface area (Å²) in [6.07, 6.45) is 6.01. The molecule has 3 atom stereocenters. The first-order chi connectivity index (χ1) is 13.3. The summed E-state index contributed by atoms with van der Waals surface area (Å²) in [5.74, 6) is 1.87. The molecule has 3 heterocycles. The van der Waals surface area contributed by atoms with Crippen molar-refractivity contribution in [2.24, 2.45) is 11.8 Å². The number of nitrogens with one attached hydrogen (secondary N) is 2. The summed E-state index contributed by atoms with van der Waals surface area (Å²) < 4.78 is 0. The van der Waals surface area contributed by atoms with Crippen LogP contribution in [-0.2, 0) is 22.0 Å². The normalized spacial score (nSPS) is 29.8. The summed E-state index contributed by atoms with van der Waals surface area (Å²) in [4.78, 5) is 35.9. The molecule has 160 valence electrons. The highest BCUT2D eigenvalue weighted by atomic mass is 35.5. The lowest BCUT2D eigenvalue weighted by Crippen LogP contribution is -2.48. The zero-order valence-corrected chi connectivity index (χ0v) is 18.5. The standard InChI is InChI=1S/C22H32N4O2.ClH/c1-21(2,3)20-24-17-14(18(27)25-20)6-7-22(17)8-10-26(11-9-22)19(28)16-13-4-5-15(16)23-12-13;/h13,15-16,23H,4-12H2,1-3H3,(H,24,25,27);1H/t13-,15-,16+;/m0./s1. The number of rotatable bonds is 1. The van der Waals surface area contributed by atoms with E-state index in [1.54, 1.807) is 0 Å². The molecular formula is C22H33ClN4O2. The quantitative estimate of drug-likeness (QED) is 0.730. The predicted molar refractivity (Wildman–Crippen MR) is 115 cm³/mol. The third-order valence-corrected chi connectivity index (χ3v) is 7.83. The zero-order chi connectivity index (χ0) is 19.7. The van der Waals surface area contributed by atoms with Crippen LogP contribution in [0.25, 0.3) is 0 Å². The molecule has 1 spiro atoms. The number of likely N-dealkylation sites (tertiary alicyclic amines) is 1. The van der Waals surface area contributed by atoms with Gasteiger partial charge in [0.2, 0.25) is 5.91 Å². The van der Waals surface area contributed by atoms with Crippen LogP contribution in [0, 0.1) is 11.8 Å². The smallest absolute Gasteiger partial charge is 0.254 e. The van der Waals surface area contributed by atoms with Crippen molar-refractivity contribution in [1.82, 2.24) is 20.2 Å². The molecule has 2 aliphatic carbocycles. The number of aromatic amines is 1. The van der Waals surface area contributed by atoms with E-state index in [-0.39, 0.29) is 34.7 Å². The SMILES string of the molecule is CC(C)(C)c1nc2c(c(=O)[nH]1)CCC21CCN(C(=O)[C@@H]2[C@H]3CC[C@@H]2NC3)CC1.Cl. The molecule has 3 fully saturated rings. The summed E-state index contributed by atoms with van der Waals surface area (Å²) in [5.41, 5.74) is 1.75. The molecular weight excluding hydrogens is 388 g/mol. The number of hydrogen-bond donors (Lipinski definition) is 2. The van der Waals surface area contributed by atoms with Crippen LogP contribution in [0.3, 0.4) is 0 Å². The van der Waals surface area contributed by atoms with Gasteiger partial charge < -0.3 is 15.2 Å². The van der Waals surface area contributed by atoms with Crippen LogP contribution < -0.4 is 10.9 Å². The fourth-order valence-electron chi connectivity index (χ4n) is 6.07. The first-order valence-electron chi connectivity index (χ1n) is 10.9. The Morgan fingerprint density at radius 3 is 2.45 bits per heavy atom. The maximum absolute atomic E-state index is 13.2. The molecule has 2 aliphatic heterocycles. The molecule has 1 amide bonds. The van der Waals surface area contributed by atoms with Crippen LogP contribution >= 0.6 is 12.4 Å². The monoisotopic (exact) mass is 420 g/mol. The summed E-state index contributed by atoms with van der Waals surface area (Å²) in [6.45, 7) is 8.87. The van der Waals surface area contributed by atoms with E-state index >= 15 is 0 Å². The first-order valence-corrected chi connectivity index (χ1v) is 10.9. The van der Waals surface area contributed by atoms with Crippen molar-refractivity contribution in [3.05, 3.63) is 27.4 Å². The molecule has 6 nitrogen and oxygen atoms in total. The van der Waals surface area contributed by atoms with Gasteiger partial charge in [-0.3, -0.25) is 9.59 Å². The molecule has 1 saturated carbocycles. The highest BCUT2D eigenvalue weighted by molar-refractivity contribution is 5.85. The Kier molecular flexibility index (Phi) is 5.10. The van der Waals surface area contributed by atoms with Crippen molar-refractivity contribution < 1.29 is 4.79 Å². The molecule has 2 saturated heterocycles. The Bertz CT molecular complexity index is 847. The molecule has 7 heteroatoms. The van der Waals surface area contributed by atoms with Crippen molar-refractivity contribution in [2.75, 3.05) is 19.6 Å². The van der Waals surface area contributed by atoms with E-state index in [0.717, 1.165) is 68.8 Å². The number of carbonyl (C=O) groups excluding carboxylic acids is 1. The molecule has 0 radical (unpaired) electrons. The maximum atomic E-state index is 13.2. The van der Waals surface area contributed by atoms with Gasteiger partial charge in [0.05, 0.1) is 11.6 Å². The van der Waals surface area contributed by atoms with Gasteiger partial charge in [-0.2, -0.15) is 0 Å². The number of fused-ring (bicyclic) bond motifs is 4. The van der Waals surface area contributed by atoms with Gasteiger partial charge in [0.15, 0.2) is 0 Å². The van der Waals surface area contributed by atoms with E-state index in [1.165, 1.54) is 6.42 Å². The molecule has 2 N–H and O–H groups in total. The van der Waals surface area contributed by atoms with Gasteiger partial charge >= 0.3 is 0 Å². The highest BCUT2D eigenvalue weighted by Gasteiger charge is 2.50. The van der Waals surface area contributed by atoms with Crippen molar-refractivity contribution in [3.8, 4) is 0 Å². The second-order valence-corrected chi connectivity index (χ2v) is 10.5. The van der Waals surface area contributed by atoms with Crippen LogP contribution in [0.4, 0.5) is 0 Å². The Labute approximate surface area is 178 Å².